The van der Waals surface area contributed by atoms with Crippen molar-refractivity contribution in [2.24, 2.45) is 0 Å². The minimum atomic E-state index is -0.101. The number of benzene rings is 1. The molecule has 0 saturated carbocycles. The van der Waals surface area contributed by atoms with Gasteiger partial charge in [0.25, 0.3) is 0 Å². The molecular formula is C15H11N3O. The van der Waals surface area contributed by atoms with Gasteiger partial charge in [-0.25, -0.2) is 9.97 Å². The molecule has 0 N–H and O–H groups in total. The molecule has 2 aromatic heterocycles. The van der Waals surface area contributed by atoms with Gasteiger partial charge in [0, 0.05) is 23.3 Å². The summed E-state index contributed by atoms with van der Waals surface area (Å²) in [4.78, 5) is 24.7. The van der Waals surface area contributed by atoms with E-state index in [9.17, 15) is 4.79 Å². The molecule has 0 fully saturated rings. The van der Waals surface area contributed by atoms with Crippen LogP contribution in [0, 0.1) is 6.92 Å². The van der Waals surface area contributed by atoms with Crippen molar-refractivity contribution in [2.75, 3.05) is 0 Å². The van der Waals surface area contributed by atoms with Crippen LogP contribution in [0.3, 0.4) is 0 Å². The average Bonchev–Trinajstić information content (AvgIpc) is 2.46. The number of hydrogen-bond donors (Lipinski definition) is 0. The fourth-order valence-corrected chi connectivity index (χ4v) is 1.95. The maximum atomic E-state index is 12.3. The fraction of sp³-hybridized carbons (Fsp3) is 0.0667. The first-order valence-electron chi connectivity index (χ1n) is 5.93. The number of fused-ring (bicyclic) bond motifs is 1. The second-order valence-corrected chi connectivity index (χ2v) is 4.23. The highest BCUT2D eigenvalue weighted by Gasteiger charge is 2.11. The van der Waals surface area contributed by atoms with Crippen LogP contribution in [-0.2, 0) is 0 Å². The first-order valence-corrected chi connectivity index (χ1v) is 5.93. The molecule has 4 nitrogen and oxygen atoms in total. The van der Waals surface area contributed by atoms with Gasteiger partial charge in [-0.1, -0.05) is 6.07 Å². The Labute approximate surface area is 110 Å². The van der Waals surface area contributed by atoms with Crippen LogP contribution in [0.2, 0.25) is 0 Å². The molecular weight excluding hydrogens is 238 g/mol. The number of hydrogen-bond acceptors (Lipinski definition) is 4. The van der Waals surface area contributed by atoms with Crippen molar-refractivity contribution in [1.29, 1.82) is 0 Å². The quantitative estimate of drug-likeness (QED) is 0.655. The summed E-state index contributed by atoms with van der Waals surface area (Å²) in [6, 6.07) is 10.9. The van der Waals surface area contributed by atoms with Crippen molar-refractivity contribution in [3.63, 3.8) is 0 Å². The van der Waals surface area contributed by atoms with E-state index in [0.717, 1.165) is 10.9 Å². The minimum Gasteiger partial charge on any atom is -0.287 e. The maximum absolute atomic E-state index is 12.3. The lowest BCUT2D eigenvalue weighted by Gasteiger charge is -2.03. The third-order valence-electron chi connectivity index (χ3n) is 2.87. The zero-order chi connectivity index (χ0) is 13.2. The number of nitrogens with zero attached hydrogens (tertiary/aromatic N) is 3. The number of carbonyl (C=O) groups excluding carboxylic acids is 1. The lowest BCUT2D eigenvalue weighted by atomic mass is 10.1. The van der Waals surface area contributed by atoms with Gasteiger partial charge in [-0.15, -0.1) is 0 Å². The molecule has 0 radical (unpaired) electrons. The second-order valence-electron chi connectivity index (χ2n) is 4.23. The molecule has 0 aliphatic carbocycles. The van der Waals surface area contributed by atoms with E-state index in [1.807, 2.05) is 24.3 Å². The summed E-state index contributed by atoms with van der Waals surface area (Å²) in [5, 5.41) is 0.944. The highest BCUT2D eigenvalue weighted by Crippen LogP contribution is 2.15. The monoisotopic (exact) mass is 249 g/mol. The number of aromatic nitrogens is 3. The molecule has 0 unspecified atom stereocenters. The Morgan fingerprint density at radius 2 is 1.95 bits per heavy atom. The number of rotatable bonds is 2. The Balaban J connectivity index is 2.06. The molecule has 0 amide bonds. The van der Waals surface area contributed by atoms with Crippen LogP contribution < -0.4 is 0 Å². The molecule has 3 aromatic rings. The van der Waals surface area contributed by atoms with E-state index in [2.05, 4.69) is 15.0 Å². The lowest BCUT2D eigenvalue weighted by molar-refractivity contribution is 0.103. The van der Waals surface area contributed by atoms with Gasteiger partial charge in [0.05, 0.1) is 5.52 Å². The highest BCUT2D eigenvalue weighted by atomic mass is 16.1. The Morgan fingerprint density at radius 1 is 1.05 bits per heavy atom. The SMILES string of the molecule is Cc1nccc(C(=O)c2ccc3ncccc3c2)n1. The molecule has 0 atom stereocenters. The predicted octanol–water partition coefficient (Wildman–Crippen LogP) is 2.56. The summed E-state index contributed by atoms with van der Waals surface area (Å²) in [5.41, 5.74) is 1.90. The Hall–Kier alpha value is -2.62. The molecule has 2 heterocycles. The summed E-state index contributed by atoms with van der Waals surface area (Å²) in [6.45, 7) is 1.76. The summed E-state index contributed by atoms with van der Waals surface area (Å²) in [7, 11) is 0. The van der Waals surface area contributed by atoms with Crippen LogP contribution >= 0.6 is 0 Å². The topological polar surface area (TPSA) is 55.7 Å². The van der Waals surface area contributed by atoms with E-state index in [1.165, 1.54) is 0 Å². The van der Waals surface area contributed by atoms with Crippen molar-refractivity contribution >= 4 is 16.7 Å². The van der Waals surface area contributed by atoms with Gasteiger partial charge in [-0.3, -0.25) is 9.78 Å². The van der Waals surface area contributed by atoms with E-state index in [4.69, 9.17) is 0 Å². The van der Waals surface area contributed by atoms with Gasteiger partial charge >= 0.3 is 0 Å². The van der Waals surface area contributed by atoms with E-state index < -0.39 is 0 Å². The number of ketones is 1. The number of carbonyl (C=O) groups is 1. The standard InChI is InChI=1S/C15H11N3O/c1-10-16-8-6-14(18-10)15(19)12-4-5-13-11(9-12)3-2-7-17-13/h2-9H,1H3. The summed E-state index contributed by atoms with van der Waals surface area (Å²) < 4.78 is 0. The van der Waals surface area contributed by atoms with Gasteiger partial charge in [0.2, 0.25) is 5.78 Å². The molecule has 4 heteroatoms. The third-order valence-corrected chi connectivity index (χ3v) is 2.87. The molecule has 0 aliphatic rings. The van der Waals surface area contributed by atoms with Crippen LogP contribution in [0.1, 0.15) is 21.9 Å². The van der Waals surface area contributed by atoms with E-state index in [-0.39, 0.29) is 5.78 Å². The van der Waals surface area contributed by atoms with Crippen molar-refractivity contribution in [3.8, 4) is 0 Å². The van der Waals surface area contributed by atoms with E-state index in [1.54, 1.807) is 31.5 Å². The lowest BCUT2D eigenvalue weighted by Crippen LogP contribution is -2.05. The molecule has 0 spiro atoms. The van der Waals surface area contributed by atoms with Gasteiger partial charge in [-0.2, -0.15) is 0 Å². The minimum absolute atomic E-state index is 0.101. The van der Waals surface area contributed by atoms with Gasteiger partial charge < -0.3 is 0 Å². The normalized spacial score (nSPS) is 10.6. The summed E-state index contributed by atoms with van der Waals surface area (Å²) >= 11 is 0. The highest BCUT2D eigenvalue weighted by molar-refractivity contribution is 6.09. The second kappa shape index (κ2) is 4.57. The number of pyridine rings is 1. The van der Waals surface area contributed by atoms with Crippen LogP contribution in [0.25, 0.3) is 10.9 Å². The van der Waals surface area contributed by atoms with Gasteiger partial charge in [0.1, 0.15) is 11.5 Å². The average molecular weight is 249 g/mol. The largest absolute Gasteiger partial charge is 0.287 e. The Kier molecular flexibility index (Phi) is 2.76. The summed E-state index contributed by atoms with van der Waals surface area (Å²) in [6.07, 6.45) is 3.33. The van der Waals surface area contributed by atoms with Gasteiger partial charge in [0.15, 0.2) is 0 Å². The Morgan fingerprint density at radius 3 is 2.79 bits per heavy atom. The third kappa shape index (κ3) is 2.20. The van der Waals surface area contributed by atoms with E-state index in [0.29, 0.717) is 17.1 Å². The molecule has 1 aromatic carbocycles. The van der Waals surface area contributed by atoms with Crippen LogP contribution in [0.4, 0.5) is 0 Å². The first-order chi connectivity index (χ1) is 9.24. The molecule has 92 valence electrons. The first kappa shape index (κ1) is 11.5. The van der Waals surface area contributed by atoms with Crippen LogP contribution in [0.15, 0.2) is 48.8 Å². The molecule has 0 aliphatic heterocycles. The fourth-order valence-electron chi connectivity index (χ4n) is 1.95. The van der Waals surface area contributed by atoms with Crippen molar-refractivity contribution in [1.82, 2.24) is 15.0 Å². The van der Waals surface area contributed by atoms with Crippen LogP contribution in [-0.4, -0.2) is 20.7 Å². The van der Waals surface area contributed by atoms with Crippen molar-refractivity contribution in [3.05, 3.63) is 65.9 Å². The molecule has 0 saturated heterocycles. The van der Waals surface area contributed by atoms with Crippen molar-refractivity contribution in [2.45, 2.75) is 6.92 Å². The van der Waals surface area contributed by atoms with Crippen LogP contribution in [0.5, 0.6) is 0 Å². The zero-order valence-corrected chi connectivity index (χ0v) is 10.4. The zero-order valence-electron chi connectivity index (χ0n) is 10.4. The molecule has 3 rings (SSSR count). The summed E-state index contributed by atoms with van der Waals surface area (Å²) in [5.74, 6) is 0.490. The smallest absolute Gasteiger partial charge is 0.211 e. The van der Waals surface area contributed by atoms with E-state index >= 15 is 0 Å². The van der Waals surface area contributed by atoms with Gasteiger partial charge in [-0.05, 0) is 37.3 Å². The van der Waals surface area contributed by atoms with Crippen molar-refractivity contribution < 1.29 is 4.79 Å². The number of aryl methyl sites for hydroxylation is 1. The Bertz CT molecular complexity index is 768. The maximum Gasteiger partial charge on any atom is 0.211 e. The molecule has 19 heavy (non-hydrogen) atoms. The molecule has 0 bridgehead atoms. The predicted molar refractivity (Wildman–Crippen MR) is 71.9 cm³/mol.